The molecule has 0 spiro atoms. The summed E-state index contributed by atoms with van der Waals surface area (Å²) in [5.74, 6) is -0.0492. The number of para-hydroxylation sites is 1. The van der Waals surface area contributed by atoms with Gasteiger partial charge in [0.2, 0.25) is 5.91 Å². The lowest BCUT2D eigenvalue weighted by atomic mass is 10.1. The lowest BCUT2D eigenvalue weighted by Gasteiger charge is -2.31. The Labute approximate surface area is 119 Å². The second-order valence-electron chi connectivity index (χ2n) is 5.11. The standard InChI is InChI=1S/C15H20N4O/c16-8-10-19(14-6-2-1-3-7-14)15(20)12-18-9-4-5-13(17)11-18/h1-3,6-7,13H,4-5,9-12,17H2. The highest BCUT2D eigenvalue weighted by molar-refractivity contribution is 5.95. The van der Waals surface area contributed by atoms with E-state index in [1.54, 1.807) is 0 Å². The smallest absolute Gasteiger partial charge is 0.242 e. The van der Waals surface area contributed by atoms with E-state index < -0.39 is 0 Å². The molecule has 0 aromatic heterocycles. The van der Waals surface area contributed by atoms with Crippen LogP contribution in [0, 0.1) is 11.3 Å². The lowest BCUT2D eigenvalue weighted by molar-refractivity contribution is -0.119. The van der Waals surface area contributed by atoms with Crippen molar-refractivity contribution in [2.75, 3.05) is 31.1 Å². The van der Waals surface area contributed by atoms with Gasteiger partial charge in [0.1, 0.15) is 6.54 Å². The number of nitrogens with zero attached hydrogens (tertiary/aromatic N) is 3. The van der Waals surface area contributed by atoms with Crippen LogP contribution in [0.2, 0.25) is 0 Å². The van der Waals surface area contributed by atoms with Crippen molar-refractivity contribution < 1.29 is 4.79 Å². The molecule has 0 bridgehead atoms. The van der Waals surface area contributed by atoms with Gasteiger partial charge in [0.15, 0.2) is 0 Å². The van der Waals surface area contributed by atoms with Crippen LogP contribution in [-0.2, 0) is 4.79 Å². The molecule has 5 heteroatoms. The highest BCUT2D eigenvalue weighted by Gasteiger charge is 2.22. The number of nitriles is 1. The first kappa shape index (κ1) is 14.5. The van der Waals surface area contributed by atoms with Gasteiger partial charge in [-0.1, -0.05) is 18.2 Å². The minimum atomic E-state index is -0.0492. The molecule has 1 atom stereocenters. The van der Waals surface area contributed by atoms with E-state index >= 15 is 0 Å². The van der Waals surface area contributed by atoms with E-state index in [-0.39, 0.29) is 18.5 Å². The monoisotopic (exact) mass is 272 g/mol. The molecule has 1 unspecified atom stereocenters. The third-order valence-corrected chi connectivity index (χ3v) is 3.50. The summed E-state index contributed by atoms with van der Waals surface area (Å²) in [5, 5.41) is 8.92. The van der Waals surface area contributed by atoms with Gasteiger partial charge in [-0.3, -0.25) is 14.6 Å². The van der Waals surface area contributed by atoms with Gasteiger partial charge >= 0.3 is 0 Å². The molecule has 20 heavy (non-hydrogen) atoms. The van der Waals surface area contributed by atoms with E-state index in [2.05, 4.69) is 11.0 Å². The maximum Gasteiger partial charge on any atom is 0.242 e. The van der Waals surface area contributed by atoms with E-state index in [0.29, 0.717) is 6.54 Å². The molecule has 1 aliphatic heterocycles. The number of likely N-dealkylation sites (tertiary alicyclic amines) is 1. The predicted molar refractivity (Wildman–Crippen MR) is 78.1 cm³/mol. The van der Waals surface area contributed by atoms with Crippen molar-refractivity contribution in [2.45, 2.75) is 18.9 Å². The zero-order valence-electron chi connectivity index (χ0n) is 11.5. The number of benzene rings is 1. The van der Waals surface area contributed by atoms with Crippen LogP contribution < -0.4 is 10.6 Å². The van der Waals surface area contributed by atoms with Crippen LogP contribution in [0.5, 0.6) is 0 Å². The van der Waals surface area contributed by atoms with Crippen LogP contribution in [0.3, 0.4) is 0 Å². The Kier molecular flexibility index (Phi) is 5.10. The fourth-order valence-corrected chi connectivity index (χ4v) is 2.51. The van der Waals surface area contributed by atoms with Crippen LogP contribution in [0.4, 0.5) is 5.69 Å². The summed E-state index contributed by atoms with van der Waals surface area (Å²) in [6.45, 7) is 2.04. The Morgan fingerprint density at radius 1 is 1.45 bits per heavy atom. The van der Waals surface area contributed by atoms with Crippen molar-refractivity contribution in [3.8, 4) is 6.07 Å². The summed E-state index contributed by atoms with van der Waals surface area (Å²) in [5.41, 5.74) is 6.69. The second-order valence-corrected chi connectivity index (χ2v) is 5.11. The molecule has 1 aliphatic rings. The molecule has 1 aromatic rings. The molecule has 5 nitrogen and oxygen atoms in total. The van der Waals surface area contributed by atoms with Crippen molar-refractivity contribution in [2.24, 2.45) is 5.73 Å². The van der Waals surface area contributed by atoms with Crippen molar-refractivity contribution in [3.05, 3.63) is 30.3 Å². The summed E-state index contributed by atoms with van der Waals surface area (Å²) in [6, 6.07) is 11.5. The average Bonchev–Trinajstić information content (AvgIpc) is 2.45. The number of anilines is 1. The van der Waals surface area contributed by atoms with Crippen LogP contribution >= 0.6 is 0 Å². The Morgan fingerprint density at radius 2 is 2.20 bits per heavy atom. The SMILES string of the molecule is N#CCN(C(=O)CN1CCCC(N)C1)c1ccccc1. The Bertz CT molecular complexity index is 482. The molecular formula is C15H20N4O. The van der Waals surface area contributed by atoms with Crippen molar-refractivity contribution >= 4 is 11.6 Å². The molecule has 2 rings (SSSR count). The van der Waals surface area contributed by atoms with Crippen LogP contribution in [0.15, 0.2) is 30.3 Å². The molecule has 0 radical (unpaired) electrons. The zero-order chi connectivity index (χ0) is 14.4. The summed E-state index contributed by atoms with van der Waals surface area (Å²) in [4.78, 5) is 16.0. The third kappa shape index (κ3) is 3.80. The first-order chi connectivity index (χ1) is 9.70. The summed E-state index contributed by atoms with van der Waals surface area (Å²) < 4.78 is 0. The summed E-state index contributed by atoms with van der Waals surface area (Å²) >= 11 is 0. The maximum absolute atomic E-state index is 12.4. The molecule has 1 amide bonds. The van der Waals surface area contributed by atoms with Gasteiger partial charge in [-0.25, -0.2) is 0 Å². The summed E-state index contributed by atoms with van der Waals surface area (Å²) in [7, 11) is 0. The van der Waals surface area contributed by atoms with Gasteiger partial charge in [0, 0.05) is 18.3 Å². The van der Waals surface area contributed by atoms with Crippen molar-refractivity contribution in [1.29, 1.82) is 5.26 Å². The largest absolute Gasteiger partial charge is 0.327 e. The molecule has 1 fully saturated rings. The quantitative estimate of drug-likeness (QED) is 0.829. The first-order valence-electron chi connectivity index (χ1n) is 6.91. The van der Waals surface area contributed by atoms with E-state index in [9.17, 15) is 4.79 Å². The minimum Gasteiger partial charge on any atom is -0.327 e. The van der Waals surface area contributed by atoms with E-state index in [0.717, 1.165) is 31.6 Å². The fourth-order valence-electron chi connectivity index (χ4n) is 2.51. The third-order valence-electron chi connectivity index (χ3n) is 3.50. The lowest BCUT2D eigenvalue weighted by Crippen LogP contribution is -2.48. The molecule has 1 aromatic carbocycles. The van der Waals surface area contributed by atoms with Crippen LogP contribution in [-0.4, -0.2) is 43.0 Å². The van der Waals surface area contributed by atoms with Gasteiger partial charge in [-0.05, 0) is 31.5 Å². The Hall–Kier alpha value is -1.90. The van der Waals surface area contributed by atoms with Gasteiger partial charge in [-0.15, -0.1) is 0 Å². The van der Waals surface area contributed by atoms with Crippen molar-refractivity contribution in [1.82, 2.24) is 4.90 Å². The Morgan fingerprint density at radius 3 is 2.85 bits per heavy atom. The van der Waals surface area contributed by atoms with Crippen molar-refractivity contribution in [3.63, 3.8) is 0 Å². The number of hydrogen-bond donors (Lipinski definition) is 1. The van der Waals surface area contributed by atoms with Crippen LogP contribution in [0.1, 0.15) is 12.8 Å². The number of carbonyl (C=O) groups excluding carboxylic acids is 1. The average molecular weight is 272 g/mol. The second kappa shape index (κ2) is 7.04. The topological polar surface area (TPSA) is 73.4 Å². The number of carbonyl (C=O) groups is 1. The highest BCUT2D eigenvalue weighted by Crippen LogP contribution is 2.14. The number of rotatable bonds is 4. The predicted octanol–water partition coefficient (Wildman–Crippen LogP) is 0.966. The molecule has 0 saturated carbocycles. The molecule has 1 heterocycles. The molecular weight excluding hydrogens is 252 g/mol. The molecule has 2 N–H and O–H groups in total. The van der Waals surface area contributed by atoms with E-state index in [4.69, 9.17) is 11.0 Å². The normalized spacial score (nSPS) is 19.3. The molecule has 106 valence electrons. The van der Waals surface area contributed by atoms with E-state index in [1.165, 1.54) is 4.90 Å². The van der Waals surface area contributed by atoms with Gasteiger partial charge < -0.3 is 5.73 Å². The Balaban J connectivity index is 2.02. The highest BCUT2D eigenvalue weighted by atomic mass is 16.2. The number of amides is 1. The number of hydrogen-bond acceptors (Lipinski definition) is 4. The summed E-state index contributed by atoms with van der Waals surface area (Å²) in [6.07, 6.45) is 2.04. The maximum atomic E-state index is 12.4. The number of nitrogens with two attached hydrogens (primary N) is 1. The van der Waals surface area contributed by atoms with Crippen LogP contribution in [0.25, 0.3) is 0 Å². The van der Waals surface area contributed by atoms with Gasteiger partial charge in [0.05, 0.1) is 12.6 Å². The van der Waals surface area contributed by atoms with Gasteiger partial charge in [-0.2, -0.15) is 5.26 Å². The molecule has 1 saturated heterocycles. The minimum absolute atomic E-state index is 0.0492. The molecule has 0 aliphatic carbocycles. The number of piperidine rings is 1. The fraction of sp³-hybridized carbons (Fsp3) is 0.467. The van der Waals surface area contributed by atoms with E-state index in [1.807, 2.05) is 30.3 Å². The first-order valence-corrected chi connectivity index (χ1v) is 6.91. The van der Waals surface area contributed by atoms with Gasteiger partial charge in [0.25, 0.3) is 0 Å². The zero-order valence-corrected chi connectivity index (χ0v) is 11.5.